The molecule has 0 unspecified atom stereocenters. The molecule has 3 aromatic rings. The van der Waals surface area contributed by atoms with Gasteiger partial charge >= 0.3 is 7.82 Å². The number of thiazole rings is 1. The Morgan fingerprint density at radius 3 is 2.56 bits per heavy atom. The Hall–Kier alpha value is -2.45. The molecule has 0 aliphatic carbocycles. The molecule has 5 rings (SSSR count). The highest BCUT2D eigenvalue weighted by atomic mass is 32.2. The maximum Gasteiger partial charge on any atom is 0.469 e. The number of nitrogens with zero attached hydrogens (tertiary/aromatic N) is 5. The molecule has 0 saturated carbocycles. The van der Waals surface area contributed by atoms with Crippen LogP contribution in [0, 0.1) is 0 Å². The minimum Gasteiger partial charge on any atom is -0.467 e. The Balaban J connectivity index is 1.12. The van der Waals surface area contributed by atoms with Gasteiger partial charge in [-0.1, -0.05) is 36.8 Å². The zero-order valence-electron chi connectivity index (χ0n) is 24.2. The third-order valence-corrected chi connectivity index (χ3v) is 10.9. The van der Waals surface area contributed by atoms with Crippen molar-refractivity contribution in [3.8, 4) is 5.19 Å². The van der Waals surface area contributed by atoms with Crippen molar-refractivity contribution in [2.24, 2.45) is 0 Å². The van der Waals surface area contributed by atoms with Crippen LogP contribution in [0.5, 0.6) is 5.19 Å². The number of hydrogen-bond acceptors (Lipinski definition) is 10. The number of piperidine rings is 1. The summed E-state index contributed by atoms with van der Waals surface area (Å²) in [5.41, 5.74) is 4.19. The van der Waals surface area contributed by atoms with E-state index in [1.165, 1.54) is 15.6 Å². The number of benzene rings is 1. The molecular formula is C28H38N5O7PS2. The number of sulfonamides is 1. The quantitative estimate of drug-likeness (QED) is 0.200. The van der Waals surface area contributed by atoms with Crippen LogP contribution in [0.4, 0.5) is 5.95 Å². The summed E-state index contributed by atoms with van der Waals surface area (Å²) in [6.45, 7) is 4.30. The van der Waals surface area contributed by atoms with Gasteiger partial charge in [-0.15, -0.1) is 0 Å². The number of fused-ring (bicyclic) bond motifs is 1. The summed E-state index contributed by atoms with van der Waals surface area (Å²) < 4.78 is 49.3. The fourth-order valence-corrected chi connectivity index (χ4v) is 8.05. The number of aryl methyl sites for hydroxylation is 1. The van der Waals surface area contributed by atoms with Crippen molar-refractivity contribution >= 4 is 50.9 Å². The van der Waals surface area contributed by atoms with Gasteiger partial charge in [-0.25, -0.2) is 27.9 Å². The first-order chi connectivity index (χ1) is 20.6. The van der Waals surface area contributed by atoms with Crippen LogP contribution in [0.15, 0.2) is 36.7 Å². The van der Waals surface area contributed by atoms with Crippen LogP contribution >= 0.6 is 19.2 Å². The van der Waals surface area contributed by atoms with Crippen LogP contribution < -0.4 is 9.64 Å². The summed E-state index contributed by atoms with van der Waals surface area (Å²) >= 11 is 1.53. The summed E-state index contributed by atoms with van der Waals surface area (Å²) in [6.07, 6.45) is 10.8. The number of rotatable bonds is 13. The zero-order chi connectivity index (χ0) is 30.5. The number of phosphoric acid groups is 1. The maximum absolute atomic E-state index is 12.7. The second-order valence-corrected chi connectivity index (χ2v) is 15.1. The number of aromatic nitrogens is 3. The molecule has 0 radical (unpaired) electrons. The highest BCUT2D eigenvalue weighted by molar-refractivity contribution is 7.89. The summed E-state index contributed by atoms with van der Waals surface area (Å²) in [7, 11) is -8.00. The normalized spacial score (nSPS) is 17.4. The molecule has 1 saturated heterocycles. The topological polar surface area (TPSA) is 155 Å². The number of hydrogen-bond donors (Lipinski definition) is 2. The van der Waals surface area contributed by atoms with Crippen molar-refractivity contribution in [3.05, 3.63) is 47.8 Å². The Bertz CT molecular complexity index is 1570. The zero-order valence-corrected chi connectivity index (χ0v) is 26.7. The summed E-state index contributed by atoms with van der Waals surface area (Å²) in [5.74, 6) is 0.685. The number of ether oxygens (including phenoxy) is 1. The van der Waals surface area contributed by atoms with E-state index in [9.17, 15) is 13.0 Å². The minimum absolute atomic E-state index is 0.0863. The Morgan fingerprint density at radius 2 is 1.88 bits per heavy atom. The molecule has 2 N–H and O–H groups in total. The van der Waals surface area contributed by atoms with Crippen LogP contribution in [0.2, 0.25) is 0 Å². The van der Waals surface area contributed by atoms with Gasteiger partial charge < -0.3 is 19.4 Å². The van der Waals surface area contributed by atoms with Gasteiger partial charge in [0.15, 0.2) is 0 Å². The van der Waals surface area contributed by atoms with Crippen LogP contribution in [0.25, 0.3) is 15.8 Å². The fraction of sp³-hybridized carbons (Fsp3) is 0.536. The lowest BCUT2D eigenvalue weighted by molar-refractivity contribution is 0.170. The third-order valence-electron chi connectivity index (χ3n) is 7.58. The SMILES string of the molecule is CCCc1cnc(N2CCC(Oc3nc4ccc(C5=CCN(S(=O)(=O)CCCCOP(=O)(O)O)CC5)cc4s3)CC2)nc1. The molecular weight excluding hydrogens is 613 g/mol. The monoisotopic (exact) mass is 651 g/mol. The molecule has 2 aliphatic heterocycles. The molecule has 4 heterocycles. The average Bonchev–Trinajstić information content (AvgIpc) is 3.39. The standard InChI is InChI=1S/C28H38N5O7PS2/c1-2-5-21-19-29-27(30-20-21)32-12-10-24(11-13-32)40-28-31-25-7-6-23(18-26(25)42-28)22-8-14-33(15-9-22)43(37,38)17-4-3-16-39-41(34,35)36/h6-8,18-20,24H,2-5,9-17H2,1H3,(H2,34,35,36). The number of unbranched alkanes of at least 4 members (excludes halogenated alkanes) is 1. The number of anilines is 1. The Morgan fingerprint density at radius 1 is 1.12 bits per heavy atom. The maximum atomic E-state index is 12.7. The van der Waals surface area contributed by atoms with E-state index >= 15 is 0 Å². The van der Waals surface area contributed by atoms with E-state index in [2.05, 4.69) is 32.4 Å². The lowest BCUT2D eigenvalue weighted by Crippen LogP contribution is -2.39. The van der Waals surface area contributed by atoms with Crippen LogP contribution in [-0.4, -0.2) is 82.1 Å². The van der Waals surface area contributed by atoms with E-state index in [0.717, 1.165) is 71.6 Å². The third kappa shape index (κ3) is 8.81. The van der Waals surface area contributed by atoms with Gasteiger partial charge in [-0.2, -0.15) is 4.31 Å². The first-order valence-electron chi connectivity index (χ1n) is 14.6. The Labute approximate surface area is 256 Å². The largest absolute Gasteiger partial charge is 0.469 e. The average molecular weight is 652 g/mol. The molecule has 234 valence electrons. The lowest BCUT2D eigenvalue weighted by Gasteiger charge is -2.31. The summed E-state index contributed by atoms with van der Waals surface area (Å²) in [6, 6.07) is 6.10. The smallest absolute Gasteiger partial charge is 0.467 e. The van der Waals surface area contributed by atoms with Crippen LogP contribution in [0.1, 0.15) is 56.6 Å². The van der Waals surface area contributed by atoms with Crippen molar-refractivity contribution in [2.75, 3.05) is 43.4 Å². The molecule has 0 spiro atoms. The molecule has 1 aromatic carbocycles. The van der Waals surface area contributed by atoms with E-state index in [0.29, 0.717) is 24.7 Å². The van der Waals surface area contributed by atoms with Gasteiger partial charge in [0.1, 0.15) is 6.10 Å². The van der Waals surface area contributed by atoms with Crippen LogP contribution in [-0.2, 0) is 25.5 Å². The summed E-state index contributed by atoms with van der Waals surface area (Å²) in [4.78, 5) is 33.4. The first-order valence-corrected chi connectivity index (χ1v) is 18.6. The minimum atomic E-state index is -4.53. The van der Waals surface area contributed by atoms with Gasteiger partial charge in [0.2, 0.25) is 16.0 Å². The fourth-order valence-electron chi connectivity index (χ4n) is 5.26. The molecule has 12 nitrogen and oxygen atoms in total. The lowest BCUT2D eigenvalue weighted by atomic mass is 10.0. The van der Waals surface area contributed by atoms with Gasteiger partial charge in [0, 0.05) is 51.4 Å². The van der Waals surface area contributed by atoms with E-state index in [1.807, 2.05) is 30.6 Å². The molecule has 0 bridgehead atoms. The highest BCUT2D eigenvalue weighted by Gasteiger charge is 2.26. The molecule has 2 aliphatic rings. The second kappa shape index (κ2) is 14.1. The van der Waals surface area contributed by atoms with E-state index < -0.39 is 17.8 Å². The molecule has 15 heteroatoms. The molecule has 0 amide bonds. The predicted molar refractivity (Wildman–Crippen MR) is 167 cm³/mol. The molecule has 2 aromatic heterocycles. The van der Waals surface area contributed by atoms with Crippen molar-refractivity contribution < 1.29 is 32.0 Å². The van der Waals surface area contributed by atoms with Crippen molar-refractivity contribution in [2.45, 2.75) is 58.0 Å². The highest BCUT2D eigenvalue weighted by Crippen LogP contribution is 2.36. The molecule has 43 heavy (non-hydrogen) atoms. The van der Waals surface area contributed by atoms with E-state index in [1.54, 1.807) is 0 Å². The number of phosphoric ester groups is 1. The van der Waals surface area contributed by atoms with Crippen molar-refractivity contribution in [3.63, 3.8) is 0 Å². The van der Waals surface area contributed by atoms with E-state index in [-0.39, 0.29) is 31.3 Å². The molecule has 1 fully saturated rings. The summed E-state index contributed by atoms with van der Waals surface area (Å²) in [5, 5.41) is 0.659. The van der Waals surface area contributed by atoms with Gasteiger partial charge in [-0.05, 0) is 54.5 Å². The van der Waals surface area contributed by atoms with Crippen LogP contribution in [0.3, 0.4) is 0 Å². The molecule has 0 atom stereocenters. The second-order valence-electron chi connectivity index (χ2n) is 10.8. The van der Waals surface area contributed by atoms with E-state index in [4.69, 9.17) is 19.5 Å². The van der Waals surface area contributed by atoms with Gasteiger partial charge in [0.05, 0.1) is 22.6 Å². The Kier molecular flexibility index (Phi) is 10.5. The van der Waals surface area contributed by atoms with Gasteiger partial charge in [0.25, 0.3) is 5.19 Å². The predicted octanol–water partition coefficient (Wildman–Crippen LogP) is 4.40. The first kappa shape index (κ1) is 32.0. The van der Waals surface area contributed by atoms with Crippen molar-refractivity contribution in [1.82, 2.24) is 19.3 Å². The van der Waals surface area contributed by atoms with Crippen molar-refractivity contribution in [1.29, 1.82) is 0 Å². The van der Waals surface area contributed by atoms with Gasteiger partial charge in [-0.3, -0.25) is 4.52 Å².